The fourth-order valence-electron chi connectivity index (χ4n) is 1.44. The lowest BCUT2D eigenvalue weighted by Gasteiger charge is -2.06. The summed E-state index contributed by atoms with van der Waals surface area (Å²) in [6, 6.07) is 3.41. The van der Waals surface area contributed by atoms with E-state index >= 15 is 0 Å². The number of aromatic nitrogens is 2. The Hall–Kier alpha value is -1.39. The van der Waals surface area contributed by atoms with E-state index in [1.807, 2.05) is 0 Å². The minimum atomic E-state index is 0.261. The van der Waals surface area contributed by atoms with E-state index in [0.29, 0.717) is 34.1 Å². The van der Waals surface area contributed by atoms with Crippen LogP contribution in [0.2, 0.25) is 10.2 Å². The summed E-state index contributed by atoms with van der Waals surface area (Å²) in [6.45, 7) is 0.661. The average Bonchev–Trinajstić information content (AvgIpc) is 2.33. The Bertz CT molecular complexity index is 560. The molecule has 0 spiro atoms. The first-order chi connectivity index (χ1) is 8.22. The molecule has 0 aliphatic rings. The highest BCUT2D eigenvalue weighted by Gasteiger charge is 2.08. The van der Waals surface area contributed by atoms with Crippen LogP contribution < -0.4 is 0 Å². The van der Waals surface area contributed by atoms with Gasteiger partial charge in [-0.2, -0.15) is 0 Å². The standard InChI is InChI=1S/C11H8Cl2N2O2/c12-9-2-1-8-11(15-9)10(13)7(5-14-8)3-4-17-6-16/h1-2,5-6H,3-4H2. The van der Waals surface area contributed by atoms with E-state index in [2.05, 4.69) is 14.7 Å². The van der Waals surface area contributed by atoms with Crippen LogP contribution >= 0.6 is 23.2 Å². The smallest absolute Gasteiger partial charge is 0.293 e. The van der Waals surface area contributed by atoms with Crippen molar-refractivity contribution in [3.8, 4) is 0 Å². The molecule has 0 aliphatic heterocycles. The zero-order valence-electron chi connectivity index (χ0n) is 8.69. The molecule has 0 fully saturated rings. The van der Waals surface area contributed by atoms with E-state index in [0.717, 1.165) is 5.56 Å². The Morgan fingerprint density at radius 1 is 1.35 bits per heavy atom. The first kappa shape index (κ1) is 12.1. The molecule has 0 aromatic carbocycles. The molecule has 17 heavy (non-hydrogen) atoms. The van der Waals surface area contributed by atoms with Crippen molar-refractivity contribution < 1.29 is 9.53 Å². The fraction of sp³-hybridized carbons (Fsp3) is 0.182. The van der Waals surface area contributed by atoms with Crippen LogP contribution in [0, 0.1) is 0 Å². The van der Waals surface area contributed by atoms with Crippen LogP contribution in [0.15, 0.2) is 18.3 Å². The first-order valence-corrected chi connectivity index (χ1v) is 5.63. The second kappa shape index (κ2) is 5.29. The van der Waals surface area contributed by atoms with E-state index < -0.39 is 0 Å². The van der Waals surface area contributed by atoms with Gasteiger partial charge in [0.15, 0.2) is 0 Å². The Labute approximate surface area is 108 Å². The molecule has 0 N–H and O–H groups in total. The SMILES string of the molecule is O=COCCc1cnc2ccc(Cl)nc2c1Cl. The maximum Gasteiger partial charge on any atom is 0.293 e. The van der Waals surface area contributed by atoms with Gasteiger partial charge in [-0.25, -0.2) is 4.98 Å². The van der Waals surface area contributed by atoms with E-state index in [4.69, 9.17) is 23.2 Å². The second-order valence-electron chi connectivity index (χ2n) is 3.32. The third-order valence-corrected chi connectivity index (χ3v) is 2.88. The molecule has 2 rings (SSSR count). The van der Waals surface area contributed by atoms with Crippen molar-refractivity contribution in [1.29, 1.82) is 0 Å². The van der Waals surface area contributed by atoms with Gasteiger partial charge in [-0.1, -0.05) is 23.2 Å². The molecule has 0 saturated carbocycles. The van der Waals surface area contributed by atoms with Gasteiger partial charge in [0.1, 0.15) is 10.7 Å². The van der Waals surface area contributed by atoms with Crippen molar-refractivity contribution in [3.05, 3.63) is 34.1 Å². The number of pyridine rings is 2. The van der Waals surface area contributed by atoms with Crippen molar-refractivity contribution in [2.24, 2.45) is 0 Å². The normalized spacial score (nSPS) is 10.5. The summed E-state index contributed by atoms with van der Waals surface area (Å²) in [4.78, 5) is 18.4. The number of carbonyl (C=O) groups is 1. The van der Waals surface area contributed by atoms with Crippen LogP contribution in [0.4, 0.5) is 0 Å². The van der Waals surface area contributed by atoms with Gasteiger partial charge in [0.2, 0.25) is 0 Å². The summed E-state index contributed by atoms with van der Waals surface area (Å²) in [5, 5.41) is 0.856. The number of ether oxygens (including phenoxy) is 1. The third-order valence-electron chi connectivity index (χ3n) is 2.25. The molecular weight excluding hydrogens is 263 g/mol. The molecule has 88 valence electrons. The van der Waals surface area contributed by atoms with Gasteiger partial charge >= 0.3 is 0 Å². The monoisotopic (exact) mass is 270 g/mol. The largest absolute Gasteiger partial charge is 0.468 e. The number of hydrogen-bond donors (Lipinski definition) is 0. The molecular formula is C11H8Cl2N2O2. The number of hydrogen-bond acceptors (Lipinski definition) is 4. The van der Waals surface area contributed by atoms with Gasteiger partial charge in [0.25, 0.3) is 6.47 Å². The summed E-state index contributed by atoms with van der Waals surface area (Å²) >= 11 is 12.0. The lowest BCUT2D eigenvalue weighted by atomic mass is 10.2. The number of carbonyl (C=O) groups excluding carboxylic acids is 1. The van der Waals surface area contributed by atoms with Crippen LogP contribution in [0.25, 0.3) is 11.0 Å². The van der Waals surface area contributed by atoms with Gasteiger partial charge in [-0.05, 0) is 17.7 Å². The molecule has 0 bridgehead atoms. The summed E-state index contributed by atoms with van der Waals surface area (Å²) in [6.07, 6.45) is 2.14. The molecule has 0 unspecified atom stereocenters. The Morgan fingerprint density at radius 2 is 2.18 bits per heavy atom. The Balaban J connectivity index is 2.38. The summed E-state index contributed by atoms with van der Waals surface area (Å²) in [7, 11) is 0. The average molecular weight is 271 g/mol. The summed E-state index contributed by atoms with van der Waals surface area (Å²) < 4.78 is 4.61. The molecule has 4 nitrogen and oxygen atoms in total. The quantitative estimate of drug-likeness (QED) is 0.487. The lowest BCUT2D eigenvalue weighted by molar-refractivity contribution is -0.128. The summed E-state index contributed by atoms with van der Waals surface area (Å²) in [5.41, 5.74) is 2.01. The van der Waals surface area contributed by atoms with Gasteiger partial charge in [-0.3, -0.25) is 9.78 Å². The number of rotatable bonds is 4. The van der Waals surface area contributed by atoms with Gasteiger partial charge < -0.3 is 4.74 Å². The van der Waals surface area contributed by atoms with E-state index in [9.17, 15) is 4.79 Å². The molecule has 0 radical (unpaired) electrons. The van der Waals surface area contributed by atoms with Crippen LogP contribution in [-0.4, -0.2) is 23.0 Å². The highest BCUT2D eigenvalue weighted by Crippen LogP contribution is 2.25. The van der Waals surface area contributed by atoms with Crippen LogP contribution in [-0.2, 0) is 16.0 Å². The predicted octanol–water partition coefficient (Wildman–Crippen LogP) is 2.65. The topological polar surface area (TPSA) is 52.1 Å². The highest BCUT2D eigenvalue weighted by atomic mass is 35.5. The summed E-state index contributed by atoms with van der Waals surface area (Å²) in [5.74, 6) is 0. The molecule has 0 saturated heterocycles. The van der Waals surface area contributed by atoms with Crippen molar-refractivity contribution in [3.63, 3.8) is 0 Å². The van der Waals surface area contributed by atoms with Crippen LogP contribution in [0.3, 0.4) is 0 Å². The van der Waals surface area contributed by atoms with E-state index in [-0.39, 0.29) is 6.61 Å². The maximum absolute atomic E-state index is 10.0. The van der Waals surface area contributed by atoms with E-state index in [1.165, 1.54) is 0 Å². The Kier molecular flexibility index (Phi) is 3.76. The predicted molar refractivity (Wildman–Crippen MR) is 65.3 cm³/mol. The Morgan fingerprint density at radius 3 is 2.94 bits per heavy atom. The second-order valence-corrected chi connectivity index (χ2v) is 4.08. The number of fused-ring (bicyclic) bond motifs is 1. The van der Waals surface area contributed by atoms with Gasteiger partial charge in [-0.15, -0.1) is 0 Å². The first-order valence-electron chi connectivity index (χ1n) is 4.87. The van der Waals surface area contributed by atoms with Crippen molar-refractivity contribution in [1.82, 2.24) is 9.97 Å². The maximum atomic E-state index is 10.0. The molecule has 2 aromatic heterocycles. The molecule has 0 atom stereocenters. The molecule has 0 aliphatic carbocycles. The number of nitrogens with zero attached hydrogens (tertiary/aromatic N) is 2. The minimum Gasteiger partial charge on any atom is -0.468 e. The lowest BCUT2D eigenvalue weighted by Crippen LogP contribution is -1.99. The molecule has 2 heterocycles. The van der Waals surface area contributed by atoms with E-state index in [1.54, 1.807) is 18.3 Å². The van der Waals surface area contributed by atoms with Gasteiger partial charge in [0, 0.05) is 12.6 Å². The third kappa shape index (κ3) is 2.65. The number of halogens is 2. The van der Waals surface area contributed by atoms with Crippen LogP contribution in [0.1, 0.15) is 5.56 Å². The zero-order valence-corrected chi connectivity index (χ0v) is 10.2. The van der Waals surface area contributed by atoms with Crippen LogP contribution in [0.5, 0.6) is 0 Å². The van der Waals surface area contributed by atoms with Crippen molar-refractivity contribution in [2.45, 2.75) is 6.42 Å². The zero-order chi connectivity index (χ0) is 12.3. The molecule has 2 aromatic rings. The fourth-order valence-corrected chi connectivity index (χ4v) is 1.87. The molecule has 0 amide bonds. The molecule has 6 heteroatoms. The minimum absolute atomic E-state index is 0.261. The van der Waals surface area contributed by atoms with Crippen molar-refractivity contribution in [2.75, 3.05) is 6.61 Å². The van der Waals surface area contributed by atoms with Gasteiger partial charge in [0.05, 0.1) is 17.1 Å². The highest BCUT2D eigenvalue weighted by molar-refractivity contribution is 6.36. The van der Waals surface area contributed by atoms with Crippen molar-refractivity contribution >= 4 is 40.7 Å².